The van der Waals surface area contributed by atoms with Crippen molar-refractivity contribution in [2.24, 2.45) is 0 Å². The molecule has 1 amide bonds. The normalized spacial score (nSPS) is 13.8. The zero-order chi connectivity index (χ0) is 18.2. The van der Waals surface area contributed by atoms with Gasteiger partial charge in [0.1, 0.15) is 12.6 Å². The van der Waals surface area contributed by atoms with E-state index in [2.05, 4.69) is 5.32 Å². The number of aliphatic hydroxyl groups excluding tert-OH is 1. The molecule has 0 aliphatic carbocycles. The maximum absolute atomic E-state index is 11.7. The molecule has 2 atom stereocenters. The Kier molecular flexibility index (Phi) is 7.67. The van der Waals surface area contributed by atoms with Crippen LogP contribution in [0, 0.1) is 0 Å². The largest absolute Gasteiger partial charge is 0.480 e. The van der Waals surface area contributed by atoms with E-state index in [1.165, 1.54) is 0 Å². The van der Waals surface area contributed by atoms with Crippen LogP contribution in [-0.2, 0) is 20.9 Å². The predicted octanol–water partition coefficient (Wildman–Crippen LogP) is 2.28. The van der Waals surface area contributed by atoms with Gasteiger partial charge in [0.15, 0.2) is 6.29 Å². The molecule has 0 aromatic heterocycles. The lowest BCUT2D eigenvalue weighted by Crippen LogP contribution is -2.42. The number of carboxylic acids is 1. The van der Waals surface area contributed by atoms with E-state index in [-0.39, 0.29) is 19.4 Å². The van der Waals surface area contributed by atoms with Crippen LogP contribution in [0.3, 0.4) is 0 Å². The third-order valence-electron chi connectivity index (χ3n) is 2.99. The molecular formula is C17H25NO6. The van der Waals surface area contributed by atoms with Crippen molar-refractivity contribution < 1.29 is 29.3 Å². The summed E-state index contributed by atoms with van der Waals surface area (Å²) in [6.45, 7) is 5.40. The second-order valence-electron chi connectivity index (χ2n) is 6.36. The minimum Gasteiger partial charge on any atom is -0.480 e. The SMILES string of the molecule is CC(C)(C)O[C@H](O)CC[C@H](NC(=O)OCc1ccccc1)C(=O)O. The van der Waals surface area contributed by atoms with E-state index in [4.69, 9.17) is 14.6 Å². The Balaban J connectivity index is 2.42. The molecule has 0 fully saturated rings. The van der Waals surface area contributed by atoms with Gasteiger partial charge >= 0.3 is 12.1 Å². The Morgan fingerprint density at radius 3 is 2.33 bits per heavy atom. The third-order valence-corrected chi connectivity index (χ3v) is 2.99. The zero-order valence-corrected chi connectivity index (χ0v) is 14.2. The number of amides is 1. The van der Waals surface area contributed by atoms with Gasteiger partial charge in [-0.25, -0.2) is 9.59 Å². The summed E-state index contributed by atoms with van der Waals surface area (Å²) in [4.78, 5) is 22.9. The van der Waals surface area contributed by atoms with E-state index in [0.717, 1.165) is 5.56 Å². The summed E-state index contributed by atoms with van der Waals surface area (Å²) in [5.74, 6) is -1.20. The van der Waals surface area contributed by atoms with Crippen LogP contribution in [0.25, 0.3) is 0 Å². The fourth-order valence-electron chi connectivity index (χ4n) is 1.94. The molecule has 0 aliphatic heterocycles. The van der Waals surface area contributed by atoms with Crippen LogP contribution in [0.5, 0.6) is 0 Å². The Morgan fingerprint density at radius 2 is 1.79 bits per heavy atom. The van der Waals surface area contributed by atoms with Crippen LogP contribution in [-0.4, -0.2) is 40.2 Å². The lowest BCUT2D eigenvalue weighted by atomic mass is 10.1. The molecule has 0 spiro atoms. The molecule has 134 valence electrons. The number of hydrogen-bond donors (Lipinski definition) is 3. The lowest BCUT2D eigenvalue weighted by Gasteiger charge is -2.24. The summed E-state index contributed by atoms with van der Waals surface area (Å²) in [7, 11) is 0. The summed E-state index contributed by atoms with van der Waals surface area (Å²) in [5.41, 5.74) is 0.258. The number of carbonyl (C=O) groups excluding carboxylic acids is 1. The highest BCUT2D eigenvalue weighted by molar-refractivity contribution is 5.79. The van der Waals surface area contributed by atoms with Crippen molar-refractivity contribution in [1.82, 2.24) is 5.32 Å². The number of rotatable bonds is 8. The second-order valence-corrected chi connectivity index (χ2v) is 6.36. The quantitative estimate of drug-likeness (QED) is 0.628. The van der Waals surface area contributed by atoms with Gasteiger partial charge in [-0.3, -0.25) is 0 Å². The Hall–Kier alpha value is -2.12. The first kappa shape index (κ1) is 19.9. The Morgan fingerprint density at radius 1 is 1.17 bits per heavy atom. The highest BCUT2D eigenvalue weighted by atomic mass is 16.6. The second kappa shape index (κ2) is 9.24. The van der Waals surface area contributed by atoms with Crippen molar-refractivity contribution in [3.63, 3.8) is 0 Å². The number of benzene rings is 1. The first-order valence-electron chi connectivity index (χ1n) is 7.73. The van der Waals surface area contributed by atoms with Gasteiger partial charge in [-0.05, 0) is 32.8 Å². The predicted molar refractivity (Wildman–Crippen MR) is 87.3 cm³/mol. The zero-order valence-electron chi connectivity index (χ0n) is 14.2. The average molecular weight is 339 g/mol. The number of aliphatic carboxylic acids is 1. The number of ether oxygens (including phenoxy) is 2. The van der Waals surface area contributed by atoms with E-state index in [1.807, 2.05) is 18.2 Å². The van der Waals surface area contributed by atoms with E-state index in [9.17, 15) is 14.7 Å². The van der Waals surface area contributed by atoms with Crippen molar-refractivity contribution in [1.29, 1.82) is 0 Å². The number of alkyl carbamates (subject to hydrolysis) is 1. The van der Waals surface area contributed by atoms with E-state index in [1.54, 1.807) is 32.9 Å². The maximum Gasteiger partial charge on any atom is 0.408 e. The van der Waals surface area contributed by atoms with Crippen molar-refractivity contribution in [2.75, 3.05) is 0 Å². The molecule has 1 rings (SSSR count). The first-order valence-corrected chi connectivity index (χ1v) is 7.73. The summed E-state index contributed by atoms with van der Waals surface area (Å²) in [6.07, 6.45) is -1.83. The summed E-state index contributed by atoms with van der Waals surface area (Å²) in [5, 5.41) is 21.2. The molecular weight excluding hydrogens is 314 g/mol. The third kappa shape index (κ3) is 8.50. The number of carboxylic acid groups (broad SMARTS) is 1. The van der Waals surface area contributed by atoms with Gasteiger partial charge in [0.2, 0.25) is 0 Å². The van der Waals surface area contributed by atoms with Gasteiger partial charge < -0.3 is 25.0 Å². The first-order chi connectivity index (χ1) is 11.2. The fraction of sp³-hybridized carbons (Fsp3) is 0.529. The van der Waals surface area contributed by atoms with E-state index >= 15 is 0 Å². The monoisotopic (exact) mass is 339 g/mol. The number of carbonyl (C=O) groups is 2. The summed E-state index contributed by atoms with van der Waals surface area (Å²) < 4.78 is 10.3. The van der Waals surface area contributed by atoms with E-state index < -0.39 is 30.0 Å². The minimum absolute atomic E-state index is 0.0209. The standard InChI is InChI=1S/C17H25NO6/c1-17(2,3)24-14(19)10-9-13(15(20)21)18-16(22)23-11-12-7-5-4-6-8-12/h4-8,13-14,19H,9-11H2,1-3H3,(H,18,22)(H,20,21)/t13-,14-/m0/s1. The molecule has 0 bridgehead atoms. The summed E-state index contributed by atoms with van der Waals surface area (Å²) in [6, 6.07) is 7.89. The van der Waals surface area contributed by atoms with Crippen LogP contribution in [0.4, 0.5) is 4.79 Å². The molecule has 0 unspecified atom stereocenters. The van der Waals surface area contributed by atoms with Crippen LogP contribution in [0.2, 0.25) is 0 Å². The lowest BCUT2D eigenvalue weighted by molar-refractivity contribution is -0.169. The van der Waals surface area contributed by atoms with Crippen molar-refractivity contribution >= 4 is 12.1 Å². The Labute approximate surface area is 141 Å². The van der Waals surface area contributed by atoms with Crippen LogP contribution in [0.1, 0.15) is 39.2 Å². The van der Waals surface area contributed by atoms with Gasteiger partial charge in [0, 0.05) is 6.42 Å². The van der Waals surface area contributed by atoms with Gasteiger partial charge in [-0.2, -0.15) is 0 Å². The number of aliphatic hydroxyl groups is 1. The van der Waals surface area contributed by atoms with Gasteiger partial charge in [0.25, 0.3) is 0 Å². The smallest absolute Gasteiger partial charge is 0.408 e. The van der Waals surface area contributed by atoms with Crippen LogP contribution < -0.4 is 5.32 Å². The molecule has 1 aromatic rings. The molecule has 0 heterocycles. The molecule has 0 radical (unpaired) electrons. The maximum atomic E-state index is 11.7. The number of nitrogens with one attached hydrogen (secondary N) is 1. The topological polar surface area (TPSA) is 105 Å². The highest BCUT2D eigenvalue weighted by Gasteiger charge is 2.23. The molecule has 1 aromatic carbocycles. The van der Waals surface area contributed by atoms with Gasteiger partial charge in [-0.15, -0.1) is 0 Å². The molecule has 7 heteroatoms. The molecule has 3 N–H and O–H groups in total. The molecule has 0 saturated heterocycles. The van der Waals surface area contributed by atoms with E-state index in [0.29, 0.717) is 0 Å². The molecule has 0 saturated carbocycles. The fourth-order valence-corrected chi connectivity index (χ4v) is 1.94. The van der Waals surface area contributed by atoms with Crippen molar-refractivity contribution in [3.8, 4) is 0 Å². The Bertz CT molecular complexity index is 526. The highest BCUT2D eigenvalue weighted by Crippen LogP contribution is 2.13. The average Bonchev–Trinajstić information content (AvgIpc) is 2.48. The molecule has 0 aliphatic rings. The van der Waals surface area contributed by atoms with Gasteiger partial charge in [0.05, 0.1) is 5.60 Å². The van der Waals surface area contributed by atoms with Gasteiger partial charge in [-0.1, -0.05) is 30.3 Å². The summed E-state index contributed by atoms with van der Waals surface area (Å²) >= 11 is 0. The van der Waals surface area contributed by atoms with Crippen LogP contribution in [0.15, 0.2) is 30.3 Å². The molecule has 24 heavy (non-hydrogen) atoms. The molecule has 7 nitrogen and oxygen atoms in total. The van der Waals surface area contributed by atoms with Crippen LogP contribution >= 0.6 is 0 Å². The van der Waals surface area contributed by atoms with Crippen molar-refractivity contribution in [2.45, 2.75) is 58.2 Å². The number of hydrogen-bond acceptors (Lipinski definition) is 5. The minimum atomic E-state index is -1.20. The van der Waals surface area contributed by atoms with Crippen molar-refractivity contribution in [3.05, 3.63) is 35.9 Å².